The SMILES string of the molecule is COC(=O)C[C@H](NC(=O)CC1CNC1)C(=O)O. The van der Waals surface area contributed by atoms with Gasteiger partial charge in [-0.2, -0.15) is 0 Å². The van der Waals surface area contributed by atoms with Crippen molar-refractivity contribution in [2.45, 2.75) is 18.9 Å². The van der Waals surface area contributed by atoms with Gasteiger partial charge in [0.2, 0.25) is 5.91 Å². The molecule has 1 atom stereocenters. The van der Waals surface area contributed by atoms with Gasteiger partial charge in [-0.25, -0.2) is 4.79 Å². The smallest absolute Gasteiger partial charge is 0.326 e. The van der Waals surface area contributed by atoms with Crippen LogP contribution < -0.4 is 10.6 Å². The summed E-state index contributed by atoms with van der Waals surface area (Å²) in [6.07, 6.45) is -0.0849. The molecular formula is C10H16N2O5. The molecule has 1 amide bonds. The molecule has 1 fully saturated rings. The summed E-state index contributed by atoms with van der Waals surface area (Å²) in [7, 11) is 1.17. The normalized spacial score (nSPS) is 16.8. The van der Waals surface area contributed by atoms with Gasteiger partial charge in [-0.1, -0.05) is 0 Å². The second-order valence-corrected chi connectivity index (χ2v) is 3.97. The Bertz CT molecular complexity index is 314. The van der Waals surface area contributed by atoms with Crippen LogP contribution in [0.25, 0.3) is 0 Å². The number of aliphatic carboxylic acids is 1. The highest BCUT2D eigenvalue weighted by Crippen LogP contribution is 2.08. The molecule has 0 spiro atoms. The molecule has 1 aliphatic rings. The minimum atomic E-state index is -1.24. The number of carbonyl (C=O) groups excluding carboxylic acids is 2. The second kappa shape index (κ2) is 6.19. The molecule has 0 unspecified atom stereocenters. The maximum atomic E-state index is 11.5. The van der Waals surface area contributed by atoms with Crippen LogP contribution in [-0.4, -0.2) is 49.2 Å². The molecule has 0 aromatic heterocycles. The number of hydrogen-bond donors (Lipinski definition) is 3. The molecule has 0 aromatic carbocycles. The molecule has 7 heteroatoms. The standard InChI is InChI=1S/C10H16N2O5/c1-17-9(14)3-7(10(15)16)12-8(13)2-6-4-11-5-6/h6-7,11H,2-5H2,1H3,(H,12,13)(H,15,16)/t7-/m0/s1. The Morgan fingerprint density at radius 2 is 2.12 bits per heavy atom. The number of carbonyl (C=O) groups is 3. The molecule has 3 N–H and O–H groups in total. The summed E-state index contributed by atoms with van der Waals surface area (Å²) in [5.74, 6) is -2.01. The first-order chi connectivity index (χ1) is 8.02. The number of amides is 1. The van der Waals surface area contributed by atoms with E-state index < -0.39 is 18.0 Å². The minimum absolute atomic E-state index is 0.252. The number of ether oxygens (including phenoxy) is 1. The third-order valence-electron chi connectivity index (χ3n) is 2.57. The zero-order chi connectivity index (χ0) is 12.8. The van der Waals surface area contributed by atoms with Gasteiger partial charge in [0.15, 0.2) is 0 Å². The summed E-state index contributed by atoms with van der Waals surface area (Å²) in [6.45, 7) is 1.53. The molecule has 0 aromatic rings. The Balaban J connectivity index is 2.39. The predicted octanol–water partition coefficient (Wildman–Crippen LogP) is -1.27. The predicted molar refractivity (Wildman–Crippen MR) is 57.2 cm³/mol. The van der Waals surface area contributed by atoms with Crippen molar-refractivity contribution in [3.63, 3.8) is 0 Å². The fourth-order valence-corrected chi connectivity index (χ4v) is 1.46. The van der Waals surface area contributed by atoms with Crippen molar-refractivity contribution < 1.29 is 24.2 Å². The average molecular weight is 244 g/mol. The number of nitrogens with one attached hydrogen (secondary N) is 2. The van der Waals surface area contributed by atoms with E-state index in [4.69, 9.17) is 5.11 Å². The van der Waals surface area contributed by atoms with E-state index in [1.807, 2.05) is 0 Å². The molecule has 17 heavy (non-hydrogen) atoms. The summed E-state index contributed by atoms with van der Waals surface area (Å²) >= 11 is 0. The van der Waals surface area contributed by atoms with E-state index in [0.29, 0.717) is 0 Å². The largest absolute Gasteiger partial charge is 0.480 e. The Labute approximate surface area is 98.5 Å². The Hall–Kier alpha value is -1.63. The lowest BCUT2D eigenvalue weighted by atomic mass is 9.99. The first-order valence-electron chi connectivity index (χ1n) is 5.32. The zero-order valence-corrected chi connectivity index (χ0v) is 9.56. The minimum Gasteiger partial charge on any atom is -0.480 e. The van der Waals surface area contributed by atoms with Gasteiger partial charge in [-0.15, -0.1) is 0 Å². The van der Waals surface area contributed by atoms with Crippen LogP contribution in [0.5, 0.6) is 0 Å². The molecule has 1 saturated heterocycles. The van der Waals surface area contributed by atoms with Crippen LogP contribution in [0.3, 0.4) is 0 Å². The van der Waals surface area contributed by atoms with Gasteiger partial charge < -0.3 is 20.5 Å². The number of carboxylic acid groups (broad SMARTS) is 1. The molecule has 1 rings (SSSR count). The summed E-state index contributed by atoms with van der Waals surface area (Å²) in [5.41, 5.74) is 0. The molecular weight excluding hydrogens is 228 g/mol. The monoisotopic (exact) mass is 244 g/mol. The number of esters is 1. The van der Waals surface area contributed by atoms with E-state index in [9.17, 15) is 14.4 Å². The Morgan fingerprint density at radius 3 is 2.53 bits per heavy atom. The van der Waals surface area contributed by atoms with E-state index in [2.05, 4.69) is 15.4 Å². The van der Waals surface area contributed by atoms with Crippen molar-refractivity contribution in [3.8, 4) is 0 Å². The summed E-state index contributed by atoms with van der Waals surface area (Å²) in [4.78, 5) is 33.2. The maximum absolute atomic E-state index is 11.5. The Kier molecular flexibility index (Phi) is 4.89. The van der Waals surface area contributed by atoms with Crippen molar-refractivity contribution in [2.75, 3.05) is 20.2 Å². The molecule has 0 bridgehead atoms. The topological polar surface area (TPSA) is 105 Å². The van der Waals surface area contributed by atoms with E-state index in [0.717, 1.165) is 13.1 Å². The summed E-state index contributed by atoms with van der Waals surface area (Å²) in [6, 6.07) is -1.22. The van der Waals surface area contributed by atoms with Crippen LogP contribution >= 0.6 is 0 Å². The average Bonchev–Trinajstić information content (AvgIpc) is 2.22. The highest BCUT2D eigenvalue weighted by Gasteiger charge is 2.26. The summed E-state index contributed by atoms with van der Waals surface area (Å²) < 4.78 is 4.36. The van der Waals surface area contributed by atoms with Crippen molar-refractivity contribution in [1.29, 1.82) is 0 Å². The number of hydrogen-bond acceptors (Lipinski definition) is 5. The zero-order valence-electron chi connectivity index (χ0n) is 9.56. The van der Waals surface area contributed by atoms with Gasteiger partial charge in [-0.05, 0) is 19.0 Å². The van der Waals surface area contributed by atoms with E-state index in [-0.39, 0.29) is 24.7 Å². The van der Waals surface area contributed by atoms with Gasteiger partial charge in [0, 0.05) is 6.42 Å². The van der Waals surface area contributed by atoms with Gasteiger partial charge in [0.1, 0.15) is 6.04 Å². The number of rotatable bonds is 6. The molecule has 1 aliphatic heterocycles. The lowest BCUT2D eigenvalue weighted by molar-refractivity contribution is -0.148. The van der Waals surface area contributed by atoms with Gasteiger partial charge >= 0.3 is 11.9 Å². The molecule has 0 radical (unpaired) electrons. The van der Waals surface area contributed by atoms with Crippen LogP contribution in [0.2, 0.25) is 0 Å². The first-order valence-corrected chi connectivity index (χ1v) is 5.32. The summed E-state index contributed by atoms with van der Waals surface area (Å²) in [5, 5.41) is 14.2. The third kappa shape index (κ3) is 4.39. The van der Waals surface area contributed by atoms with E-state index >= 15 is 0 Å². The molecule has 0 aliphatic carbocycles. The molecule has 0 saturated carbocycles. The number of methoxy groups -OCH3 is 1. The quantitative estimate of drug-likeness (QED) is 0.503. The fourth-order valence-electron chi connectivity index (χ4n) is 1.46. The highest BCUT2D eigenvalue weighted by atomic mass is 16.5. The van der Waals surface area contributed by atoms with Crippen LogP contribution in [0.15, 0.2) is 0 Å². The molecule has 96 valence electrons. The highest BCUT2D eigenvalue weighted by molar-refractivity contribution is 5.87. The van der Waals surface area contributed by atoms with Crippen LogP contribution in [-0.2, 0) is 19.1 Å². The maximum Gasteiger partial charge on any atom is 0.326 e. The molecule has 7 nitrogen and oxygen atoms in total. The van der Waals surface area contributed by atoms with Gasteiger partial charge in [-0.3, -0.25) is 9.59 Å². The van der Waals surface area contributed by atoms with E-state index in [1.54, 1.807) is 0 Å². The lowest BCUT2D eigenvalue weighted by Crippen LogP contribution is -2.47. The van der Waals surface area contributed by atoms with Crippen molar-refractivity contribution in [2.24, 2.45) is 5.92 Å². The van der Waals surface area contributed by atoms with Crippen LogP contribution in [0, 0.1) is 5.92 Å². The van der Waals surface area contributed by atoms with Crippen molar-refractivity contribution >= 4 is 17.8 Å². The Morgan fingerprint density at radius 1 is 1.47 bits per heavy atom. The van der Waals surface area contributed by atoms with Gasteiger partial charge in [0.25, 0.3) is 0 Å². The number of carboxylic acids is 1. The van der Waals surface area contributed by atoms with Crippen molar-refractivity contribution in [3.05, 3.63) is 0 Å². The van der Waals surface area contributed by atoms with Gasteiger partial charge in [0.05, 0.1) is 13.5 Å². The fraction of sp³-hybridized carbons (Fsp3) is 0.700. The van der Waals surface area contributed by atoms with Crippen molar-refractivity contribution in [1.82, 2.24) is 10.6 Å². The van der Waals surface area contributed by atoms with Crippen LogP contribution in [0.1, 0.15) is 12.8 Å². The molecule has 1 heterocycles. The lowest BCUT2D eigenvalue weighted by Gasteiger charge is -2.26. The van der Waals surface area contributed by atoms with E-state index in [1.165, 1.54) is 7.11 Å². The third-order valence-corrected chi connectivity index (χ3v) is 2.57. The first kappa shape index (κ1) is 13.4. The van der Waals surface area contributed by atoms with Crippen LogP contribution in [0.4, 0.5) is 0 Å². The second-order valence-electron chi connectivity index (χ2n) is 3.97.